The standard InChI is InChI=1S/C26H22F2N4O3/c1-26(13-34-14-26)15-35-19-10-29-25(30-11-19)18-4-2-3-16(7-18)8-23-24(33)20(12-31-32-23)17-5-6-21(27)22(28)9-17/h2-7,9-12H,8,13-15H2,1H3,(H,31,33). The first-order chi connectivity index (χ1) is 16.9. The van der Waals surface area contributed by atoms with Crippen molar-refractivity contribution in [1.82, 2.24) is 20.2 Å². The summed E-state index contributed by atoms with van der Waals surface area (Å²) < 4.78 is 38.0. The number of nitrogens with zero attached hydrogens (tertiary/aromatic N) is 3. The van der Waals surface area contributed by atoms with Gasteiger partial charge in [0, 0.05) is 29.2 Å². The maximum atomic E-state index is 13.7. The van der Waals surface area contributed by atoms with E-state index >= 15 is 0 Å². The predicted octanol–water partition coefficient (Wildman–Crippen LogP) is 4.18. The van der Waals surface area contributed by atoms with Crippen molar-refractivity contribution in [1.29, 1.82) is 0 Å². The third-order valence-corrected chi connectivity index (χ3v) is 5.82. The Kier molecular flexibility index (Phi) is 6.08. The summed E-state index contributed by atoms with van der Waals surface area (Å²) in [5, 5.41) is 6.80. The molecule has 0 unspecified atom stereocenters. The van der Waals surface area contributed by atoms with Crippen LogP contribution < -0.4 is 10.2 Å². The molecule has 0 radical (unpaired) electrons. The fourth-order valence-corrected chi connectivity index (χ4v) is 3.79. The first-order valence-electron chi connectivity index (χ1n) is 11.0. The van der Waals surface area contributed by atoms with Gasteiger partial charge in [-0.05, 0) is 29.3 Å². The van der Waals surface area contributed by atoms with Crippen molar-refractivity contribution >= 4 is 0 Å². The second-order valence-corrected chi connectivity index (χ2v) is 8.92. The largest absolute Gasteiger partial charge is 0.490 e. The smallest absolute Gasteiger partial charge is 0.211 e. The van der Waals surface area contributed by atoms with E-state index in [-0.39, 0.29) is 34.1 Å². The summed E-state index contributed by atoms with van der Waals surface area (Å²) in [6.45, 7) is 4.00. The lowest BCUT2D eigenvalue weighted by molar-refractivity contribution is -0.120. The quantitative estimate of drug-likeness (QED) is 0.431. The number of H-pyrrole nitrogens is 1. The van der Waals surface area contributed by atoms with E-state index < -0.39 is 11.6 Å². The summed E-state index contributed by atoms with van der Waals surface area (Å²) in [7, 11) is 0. The van der Waals surface area contributed by atoms with E-state index in [0.29, 0.717) is 31.4 Å². The highest BCUT2D eigenvalue weighted by Gasteiger charge is 2.34. The highest BCUT2D eigenvalue weighted by molar-refractivity contribution is 5.63. The van der Waals surface area contributed by atoms with Gasteiger partial charge in [-0.1, -0.05) is 31.2 Å². The van der Waals surface area contributed by atoms with Gasteiger partial charge in [0.25, 0.3) is 0 Å². The van der Waals surface area contributed by atoms with Gasteiger partial charge in [-0.15, -0.1) is 0 Å². The number of ether oxygens (including phenoxy) is 2. The molecule has 35 heavy (non-hydrogen) atoms. The van der Waals surface area contributed by atoms with Crippen molar-refractivity contribution in [2.45, 2.75) is 13.3 Å². The highest BCUT2D eigenvalue weighted by atomic mass is 19.2. The number of benzene rings is 2. The molecule has 3 heterocycles. The maximum Gasteiger partial charge on any atom is 0.211 e. The second kappa shape index (κ2) is 9.34. The lowest BCUT2D eigenvalue weighted by Crippen LogP contribution is -2.44. The van der Waals surface area contributed by atoms with E-state index in [1.54, 1.807) is 12.4 Å². The van der Waals surface area contributed by atoms with Crippen molar-refractivity contribution in [3.05, 3.63) is 94.2 Å². The maximum absolute atomic E-state index is 13.7. The molecule has 7 nitrogen and oxygen atoms in total. The van der Waals surface area contributed by atoms with E-state index in [9.17, 15) is 13.6 Å². The molecule has 5 rings (SSSR count). The van der Waals surface area contributed by atoms with Crippen molar-refractivity contribution in [2.24, 2.45) is 5.41 Å². The fourth-order valence-electron chi connectivity index (χ4n) is 3.79. The van der Waals surface area contributed by atoms with E-state index in [1.807, 2.05) is 24.3 Å². The van der Waals surface area contributed by atoms with Crippen LogP contribution in [-0.2, 0) is 11.2 Å². The van der Waals surface area contributed by atoms with Crippen molar-refractivity contribution in [3.8, 4) is 28.3 Å². The van der Waals surface area contributed by atoms with Crippen LogP contribution in [0.5, 0.6) is 5.75 Å². The molecule has 1 saturated heterocycles. The molecule has 1 N–H and O–H groups in total. The molecular weight excluding hydrogens is 454 g/mol. The Hall–Kier alpha value is -3.98. The zero-order chi connectivity index (χ0) is 24.4. The predicted molar refractivity (Wildman–Crippen MR) is 125 cm³/mol. The third-order valence-electron chi connectivity index (χ3n) is 5.82. The second-order valence-electron chi connectivity index (χ2n) is 8.92. The van der Waals surface area contributed by atoms with Gasteiger partial charge in [-0.2, -0.15) is 5.10 Å². The number of halogens is 2. The van der Waals surface area contributed by atoms with Gasteiger partial charge < -0.3 is 9.47 Å². The van der Waals surface area contributed by atoms with E-state index in [4.69, 9.17) is 9.47 Å². The topological polar surface area (TPSA) is 90.0 Å². The average Bonchev–Trinajstić information content (AvgIpc) is 2.85. The highest BCUT2D eigenvalue weighted by Crippen LogP contribution is 2.27. The Balaban J connectivity index is 1.33. The van der Waals surface area contributed by atoms with Crippen LogP contribution in [-0.4, -0.2) is 40.0 Å². The average molecular weight is 476 g/mol. The minimum atomic E-state index is -1.02. The van der Waals surface area contributed by atoms with Crippen LogP contribution in [0.1, 0.15) is 18.2 Å². The molecule has 1 aliphatic rings. The Bertz CT molecular complexity index is 1420. The molecule has 2 aromatic heterocycles. The lowest BCUT2D eigenvalue weighted by atomic mass is 9.90. The molecule has 0 saturated carbocycles. The van der Waals surface area contributed by atoms with E-state index in [1.165, 1.54) is 12.3 Å². The van der Waals surface area contributed by atoms with Gasteiger partial charge in [0.2, 0.25) is 5.43 Å². The SMILES string of the molecule is CC1(COc2cnc(-c3cccc(Cc4n[nH]cc(-c5ccc(F)c(F)c5)c4=O)c3)nc2)COC1. The summed E-state index contributed by atoms with van der Waals surface area (Å²) in [6.07, 6.45) is 4.89. The lowest BCUT2D eigenvalue weighted by Gasteiger charge is -2.37. The fraction of sp³-hybridized carbons (Fsp3) is 0.231. The zero-order valence-corrected chi connectivity index (χ0v) is 18.9. The Morgan fingerprint density at radius 3 is 2.57 bits per heavy atom. The van der Waals surface area contributed by atoms with Crippen LogP contribution >= 0.6 is 0 Å². The van der Waals surface area contributed by atoms with Gasteiger partial charge in [0.05, 0.1) is 32.2 Å². The molecule has 178 valence electrons. The number of rotatable bonds is 7. The molecule has 1 fully saturated rings. The monoisotopic (exact) mass is 476 g/mol. The van der Waals surface area contributed by atoms with E-state index in [0.717, 1.165) is 23.3 Å². The Morgan fingerprint density at radius 1 is 1.06 bits per heavy atom. The van der Waals surface area contributed by atoms with Crippen LogP contribution in [0, 0.1) is 17.0 Å². The van der Waals surface area contributed by atoms with Gasteiger partial charge in [-0.25, -0.2) is 18.7 Å². The summed E-state index contributed by atoms with van der Waals surface area (Å²) in [5.74, 6) is -0.881. The van der Waals surface area contributed by atoms with Crippen LogP contribution in [0.25, 0.3) is 22.5 Å². The van der Waals surface area contributed by atoms with Crippen LogP contribution in [0.3, 0.4) is 0 Å². The van der Waals surface area contributed by atoms with Gasteiger partial charge in [0.1, 0.15) is 5.69 Å². The minimum absolute atomic E-state index is 0.0288. The molecule has 0 bridgehead atoms. The summed E-state index contributed by atoms with van der Waals surface area (Å²) in [5.41, 5.74) is 2.02. The van der Waals surface area contributed by atoms with Gasteiger partial charge >= 0.3 is 0 Å². The molecule has 0 spiro atoms. The van der Waals surface area contributed by atoms with Crippen molar-refractivity contribution in [3.63, 3.8) is 0 Å². The van der Waals surface area contributed by atoms with Crippen LogP contribution in [0.4, 0.5) is 8.78 Å². The zero-order valence-electron chi connectivity index (χ0n) is 18.9. The molecular formula is C26H22F2N4O3. The molecule has 0 aliphatic carbocycles. The first kappa shape index (κ1) is 22.8. The molecule has 4 aromatic rings. The molecule has 9 heteroatoms. The van der Waals surface area contributed by atoms with Crippen molar-refractivity contribution < 1.29 is 18.3 Å². The number of hydrogen-bond donors (Lipinski definition) is 1. The molecule has 1 aliphatic heterocycles. The van der Waals surface area contributed by atoms with Crippen LogP contribution in [0.2, 0.25) is 0 Å². The Morgan fingerprint density at radius 2 is 1.86 bits per heavy atom. The van der Waals surface area contributed by atoms with Gasteiger partial charge in [0.15, 0.2) is 23.2 Å². The molecule has 0 amide bonds. The first-order valence-corrected chi connectivity index (χ1v) is 11.0. The summed E-state index contributed by atoms with van der Waals surface area (Å²) in [4.78, 5) is 21.8. The van der Waals surface area contributed by atoms with Gasteiger partial charge in [-0.3, -0.25) is 9.89 Å². The molecule has 2 aromatic carbocycles. The number of nitrogens with one attached hydrogen (secondary N) is 1. The summed E-state index contributed by atoms with van der Waals surface area (Å²) >= 11 is 0. The van der Waals surface area contributed by atoms with E-state index in [2.05, 4.69) is 27.1 Å². The number of aromatic nitrogens is 4. The normalized spacial score (nSPS) is 14.4. The minimum Gasteiger partial charge on any atom is -0.490 e. The third kappa shape index (κ3) is 4.95. The number of hydrogen-bond acceptors (Lipinski definition) is 6. The Labute approximate surface area is 199 Å². The summed E-state index contributed by atoms with van der Waals surface area (Å²) in [6, 6.07) is 10.8. The molecule has 0 atom stereocenters. The van der Waals surface area contributed by atoms with Crippen LogP contribution in [0.15, 0.2) is 65.8 Å². The number of aromatic amines is 1. The van der Waals surface area contributed by atoms with Crippen molar-refractivity contribution in [2.75, 3.05) is 19.8 Å².